The summed E-state index contributed by atoms with van der Waals surface area (Å²) < 4.78 is 1.01. The fourth-order valence-electron chi connectivity index (χ4n) is 1.37. The molecule has 0 atom stereocenters. The van der Waals surface area contributed by atoms with Crippen molar-refractivity contribution in [2.24, 2.45) is 0 Å². The van der Waals surface area contributed by atoms with Crippen molar-refractivity contribution in [2.45, 2.75) is 6.92 Å². The molecule has 5 heteroatoms. The van der Waals surface area contributed by atoms with Gasteiger partial charge in [-0.1, -0.05) is 15.9 Å². The van der Waals surface area contributed by atoms with Crippen LogP contribution in [-0.2, 0) is 0 Å². The van der Waals surface area contributed by atoms with Crippen LogP contribution in [0, 0.1) is 18.3 Å². The Morgan fingerprint density at radius 1 is 1.24 bits per heavy atom. The highest BCUT2D eigenvalue weighted by atomic mass is 79.9. The van der Waals surface area contributed by atoms with Crippen molar-refractivity contribution in [1.82, 2.24) is 9.97 Å². The number of hydrogen-bond acceptors (Lipinski definition) is 4. The molecule has 0 saturated carbocycles. The normalized spacial score (nSPS) is 9.71. The Bertz CT molecular complexity index is 572. The molecule has 0 spiro atoms. The summed E-state index contributed by atoms with van der Waals surface area (Å²) >= 11 is 3.37. The lowest BCUT2D eigenvalue weighted by Gasteiger charge is -2.06. The second-order valence-electron chi connectivity index (χ2n) is 3.43. The van der Waals surface area contributed by atoms with Gasteiger partial charge in [0.2, 0.25) is 0 Å². The molecular weight excluding hydrogens is 280 g/mol. The van der Waals surface area contributed by atoms with Gasteiger partial charge in [-0.25, -0.2) is 9.97 Å². The molecule has 0 fully saturated rings. The molecule has 1 heterocycles. The zero-order valence-corrected chi connectivity index (χ0v) is 10.7. The highest BCUT2D eigenvalue weighted by Crippen LogP contribution is 2.18. The number of nitrogens with one attached hydrogen (secondary N) is 1. The van der Waals surface area contributed by atoms with Crippen LogP contribution in [0.25, 0.3) is 0 Å². The van der Waals surface area contributed by atoms with Gasteiger partial charge < -0.3 is 5.32 Å². The summed E-state index contributed by atoms with van der Waals surface area (Å²) in [7, 11) is 0. The number of aromatic nitrogens is 2. The van der Waals surface area contributed by atoms with Gasteiger partial charge in [-0.2, -0.15) is 5.26 Å². The van der Waals surface area contributed by atoms with Crippen LogP contribution in [0.3, 0.4) is 0 Å². The number of halogens is 1. The van der Waals surface area contributed by atoms with E-state index in [0.717, 1.165) is 10.2 Å². The number of nitrogens with zero attached hydrogens (tertiary/aromatic N) is 3. The van der Waals surface area contributed by atoms with E-state index in [2.05, 4.69) is 31.2 Å². The fraction of sp³-hybridized carbons (Fsp3) is 0.0833. The second-order valence-corrected chi connectivity index (χ2v) is 4.35. The molecule has 0 aliphatic rings. The lowest BCUT2D eigenvalue weighted by molar-refractivity contribution is 1.04. The van der Waals surface area contributed by atoms with Crippen LogP contribution in [0.15, 0.2) is 34.8 Å². The van der Waals surface area contributed by atoms with Gasteiger partial charge in [-0.15, -0.1) is 0 Å². The third-order valence-corrected chi connectivity index (χ3v) is 2.60. The van der Waals surface area contributed by atoms with E-state index < -0.39 is 0 Å². The van der Waals surface area contributed by atoms with Gasteiger partial charge in [-0.05, 0) is 31.2 Å². The third-order valence-electron chi connectivity index (χ3n) is 2.07. The summed E-state index contributed by atoms with van der Waals surface area (Å²) in [6, 6.07) is 11.3. The van der Waals surface area contributed by atoms with Crippen molar-refractivity contribution < 1.29 is 0 Å². The average Bonchev–Trinajstić information content (AvgIpc) is 2.31. The average molecular weight is 289 g/mol. The molecule has 0 bridgehead atoms. The van der Waals surface area contributed by atoms with Crippen molar-refractivity contribution >= 4 is 27.4 Å². The smallest absolute Gasteiger partial charge is 0.146 e. The zero-order valence-electron chi connectivity index (χ0n) is 9.11. The first-order valence-electron chi connectivity index (χ1n) is 4.96. The minimum Gasteiger partial charge on any atom is -0.340 e. The maximum Gasteiger partial charge on any atom is 0.146 e. The Labute approximate surface area is 107 Å². The van der Waals surface area contributed by atoms with Gasteiger partial charge in [0, 0.05) is 16.2 Å². The van der Waals surface area contributed by atoms with E-state index in [1.54, 1.807) is 13.0 Å². The molecule has 17 heavy (non-hydrogen) atoms. The molecule has 0 aliphatic heterocycles. The first-order valence-corrected chi connectivity index (χ1v) is 5.75. The largest absolute Gasteiger partial charge is 0.340 e. The van der Waals surface area contributed by atoms with Crippen LogP contribution in [-0.4, -0.2) is 9.97 Å². The molecule has 0 saturated heterocycles. The Hall–Kier alpha value is -1.93. The molecule has 1 aromatic heterocycles. The summed E-state index contributed by atoms with van der Waals surface area (Å²) in [4.78, 5) is 8.20. The maximum absolute atomic E-state index is 8.81. The van der Waals surface area contributed by atoms with Crippen molar-refractivity contribution in [3.05, 3.63) is 46.3 Å². The van der Waals surface area contributed by atoms with E-state index >= 15 is 0 Å². The summed E-state index contributed by atoms with van der Waals surface area (Å²) in [5.41, 5.74) is 1.27. The summed E-state index contributed by atoms with van der Waals surface area (Å²) in [6.45, 7) is 1.76. The third kappa shape index (κ3) is 3.02. The van der Waals surface area contributed by atoms with E-state index in [-0.39, 0.29) is 0 Å². The van der Waals surface area contributed by atoms with Crippen LogP contribution in [0.5, 0.6) is 0 Å². The molecule has 0 unspecified atom stereocenters. The number of hydrogen-bond donors (Lipinski definition) is 1. The Morgan fingerprint density at radius 3 is 2.59 bits per heavy atom. The highest BCUT2D eigenvalue weighted by Gasteiger charge is 2.01. The Balaban J connectivity index is 2.27. The summed E-state index contributed by atoms with van der Waals surface area (Å²) in [5, 5.41) is 11.9. The van der Waals surface area contributed by atoms with Crippen molar-refractivity contribution in [3.8, 4) is 6.07 Å². The van der Waals surface area contributed by atoms with Gasteiger partial charge in [-0.3, -0.25) is 0 Å². The molecule has 0 aliphatic carbocycles. The minimum absolute atomic E-state index is 0.358. The topological polar surface area (TPSA) is 61.6 Å². The minimum atomic E-state index is 0.358. The standard InChI is InChI=1S/C12H9BrN4/c1-8-15-11(7-14)6-12(16-8)17-10-4-2-9(13)3-5-10/h2-6H,1H3,(H,15,16,17). The first-order chi connectivity index (χ1) is 8.17. The second kappa shape index (κ2) is 4.93. The predicted molar refractivity (Wildman–Crippen MR) is 68.9 cm³/mol. The van der Waals surface area contributed by atoms with Gasteiger partial charge in [0.25, 0.3) is 0 Å². The molecule has 4 nitrogen and oxygen atoms in total. The number of anilines is 2. The van der Waals surface area contributed by atoms with E-state index in [0.29, 0.717) is 17.3 Å². The fourth-order valence-corrected chi connectivity index (χ4v) is 1.63. The zero-order chi connectivity index (χ0) is 12.3. The van der Waals surface area contributed by atoms with Crippen molar-refractivity contribution in [2.75, 3.05) is 5.32 Å². The molecule has 2 aromatic rings. The van der Waals surface area contributed by atoms with Crippen molar-refractivity contribution in [3.63, 3.8) is 0 Å². The molecule has 84 valence electrons. The molecule has 0 radical (unpaired) electrons. The van der Waals surface area contributed by atoms with Crippen LogP contribution in [0.2, 0.25) is 0 Å². The molecular formula is C12H9BrN4. The van der Waals surface area contributed by atoms with E-state index in [1.165, 1.54) is 0 Å². The SMILES string of the molecule is Cc1nc(C#N)cc(Nc2ccc(Br)cc2)n1. The number of nitriles is 1. The van der Waals surface area contributed by atoms with Crippen LogP contribution >= 0.6 is 15.9 Å². The quantitative estimate of drug-likeness (QED) is 0.922. The number of benzene rings is 1. The van der Waals surface area contributed by atoms with Crippen LogP contribution < -0.4 is 5.32 Å². The lowest BCUT2D eigenvalue weighted by atomic mass is 10.3. The van der Waals surface area contributed by atoms with Crippen LogP contribution in [0.1, 0.15) is 11.5 Å². The molecule has 1 aromatic carbocycles. The lowest BCUT2D eigenvalue weighted by Crippen LogP contribution is -1.98. The van der Waals surface area contributed by atoms with E-state index in [1.807, 2.05) is 30.3 Å². The summed E-state index contributed by atoms with van der Waals surface area (Å²) in [6.07, 6.45) is 0. The Kier molecular flexibility index (Phi) is 3.35. The van der Waals surface area contributed by atoms with Crippen LogP contribution in [0.4, 0.5) is 11.5 Å². The van der Waals surface area contributed by atoms with Gasteiger partial charge in [0.05, 0.1) is 0 Å². The number of rotatable bonds is 2. The highest BCUT2D eigenvalue weighted by molar-refractivity contribution is 9.10. The molecule has 2 rings (SSSR count). The monoisotopic (exact) mass is 288 g/mol. The molecule has 1 N–H and O–H groups in total. The van der Waals surface area contributed by atoms with Gasteiger partial charge in [0.15, 0.2) is 0 Å². The van der Waals surface area contributed by atoms with Crippen molar-refractivity contribution in [1.29, 1.82) is 5.26 Å². The number of aryl methyl sites for hydroxylation is 1. The summed E-state index contributed by atoms with van der Waals surface area (Å²) in [5.74, 6) is 1.19. The first kappa shape index (κ1) is 11.6. The molecule has 0 amide bonds. The maximum atomic E-state index is 8.81. The van der Waals surface area contributed by atoms with Gasteiger partial charge in [0.1, 0.15) is 23.4 Å². The Morgan fingerprint density at radius 2 is 1.94 bits per heavy atom. The van der Waals surface area contributed by atoms with E-state index in [4.69, 9.17) is 5.26 Å². The van der Waals surface area contributed by atoms with E-state index in [9.17, 15) is 0 Å². The van der Waals surface area contributed by atoms with Gasteiger partial charge >= 0.3 is 0 Å². The predicted octanol–water partition coefficient (Wildman–Crippen LogP) is 3.16.